The Morgan fingerprint density at radius 2 is 1.82 bits per heavy atom. The number of rotatable bonds is 8. The first-order valence-electron chi connectivity index (χ1n) is 10.3. The summed E-state index contributed by atoms with van der Waals surface area (Å²) in [5.74, 6) is 0.702. The smallest absolute Gasteiger partial charge is 0.363 e. The first-order chi connectivity index (χ1) is 16.4. The molecule has 34 heavy (non-hydrogen) atoms. The molecule has 9 heteroatoms. The second-order valence-electron chi connectivity index (χ2n) is 7.17. The molecule has 0 bridgehead atoms. The number of non-ortho nitro benzene ring substituents is 1. The molecule has 0 N–H and O–H groups in total. The van der Waals surface area contributed by atoms with E-state index in [0.29, 0.717) is 29.2 Å². The fraction of sp³-hybridized carbons (Fsp3) is 0.120. The number of halogens is 1. The molecule has 0 fully saturated rings. The van der Waals surface area contributed by atoms with Gasteiger partial charge in [0.15, 0.2) is 17.2 Å². The first kappa shape index (κ1) is 23.2. The van der Waals surface area contributed by atoms with Crippen LogP contribution in [0, 0.1) is 10.1 Å². The Bertz CT molecular complexity index is 1300. The fourth-order valence-corrected chi connectivity index (χ4v) is 3.65. The van der Waals surface area contributed by atoms with E-state index in [9.17, 15) is 14.9 Å². The second-order valence-corrected chi connectivity index (χ2v) is 8.02. The van der Waals surface area contributed by atoms with Crippen molar-refractivity contribution < 1.29 is 23.9 Å². The third-order valence-corrected chi connectivity index (χ3v) is 5.53. The summed E-state index contributed by atoms with van der Waals surface area (Å²) in [5, 5.41) is 10.8. The fourth-order valence-electron chi connectivity index (χ4n) is 3.19. The Balaban J connectivity index is 1.54. The highest BCUT2D eigenvalue weighted by Gasteiger charge is 2.25. The van der Waals surface area contributed by atoms with Crippen LogP contribution in [0.2, 0.25) is 0 Å². The largest absolute Gasteiger partial charge is 0.490 e. The van der Waals surface area contributed by atoms with Gasteiger partial charge in [0.1, 0.15) is 6.61 Å². The van der Waals surface area contributed by atoms with Gasteiger partial charge in [0.2, 0.25) is 5.90 Å². The summed E-state index contributed by atoms with van der Waals surface area (Å²) in [5.41, 5.74) is 2.35. The molecule has 0 amide bonds. The van der Waals surface area contributed by atoms with Crippen LogP contribution in [0.3, 0.4) is 0 Å². The number of carbonyl (C=O) groups excluding carboxylic acids is 1. The second kappa shape index (κ2) is 10.3. The lowest BCUT2D eigenvalue weighted by Crippen LogP contribution is -2.05. The summed E-state index contributed by atoms with van der Waals surface area (Å²) in [4.78, 5) is 27.1. The van der Waals surface area contributed by atoms with Gasteiger partial charge >= 0.3 is 5.97 Å². The number of nitrogens with zero attached hydrogens (tertiary/aromatic N) is 2. The molecule has 0 saturated heterocycles. The molecule has 1 heterocycles. The average Bonchev–Trinajstić information content (AvgIpc) is 3.19. The Morgan fingerprint density at radius 3 is 2.53 bits per heavy atom. The highest BCUT2D eigenvalue weighted by molar-refractivity contribution is 9.10. The molecule has 0 radical (unpaired) electrons. The van der Waals surface area contributed by atoms with E-state index in [-0.39, 0.29) is 23.9 Å². The van der Waals surface area contributed by atoms with Crippen molar-refractivity contribution in [3.63, 3.8) is 0 Å². The van der Waals surface area contributed by atoms with Crippen LogP contribution in [-0.4, -0.2) is 23.4 Å². The summed E-state index contributed by atoms with van der Waals surface area (Å²) in [6, 6.07) is 18.8. The van der Waals surface area contributed by atoms with Gasteiger partial charge < -0.3 is 14.2 Å². The highest BCUT2D eigenvalue weighted by atomic mass is 79.9. The zero-order valence-electron chi connectivity index (χ0n) is 18.1. The standard InChI is InChI=1S/C25H19BrN2O6/c1-2-32-23-14-17(9-12-22(23)33-15-16-7-10-18(11-8-16)28(30)31)13-21-25(29)34-24(27-21)19-5-3-4-6-20(19)26/h3-14H,2,15H2,1H3/b21-13-. The monoisotopic (exact) mass is 522 g/mol. The topological polar surface area (TPSA) is 100 Å². The van der Waals surface area contributed by atoms with Crippen molar-refractivity contribution in [3.05, 3.63) is 104 Å². The van der Waals surface area contributed by atoms with Crippen molar-refractivity contribution in [2.24, 2.45) is 4.99 Å². The maximum absolute atomic E-state index is 12.4. The van der Waals surface area contributed by atoms with Crippen LogP contribution in [-0.2, 0) is 16.1 Å². The summed E-state index contributed by atoms with van der Waals surface area (Å²) in [6.45, 7) is 2.48. The first-order valence-corrected chi connectivity index (χ1v) is 11.1. The molecule has 0 saturated carbocycles. The maximum atomic E-state index is 12.4. The predicted octanol–water partition coefficient (Wildman–Crippen LogP) is 5.68. The van der Waals surface area contributed by atoms with Crippen LogP contribution in [0.1, 0.15) is 23.6 Å². The van der Waals surface area contributed by atoms with Gasteiger partial charge in [0.25, 0.3) is 5.69 Å². The van der Waals surface area contributed by atoms with Crippen LogP contribution in [0.15, 0.2) is 81.9 Å². The summed E-state index contributed by atoms with van der Waals surface area (Å²) in [7, 11) is 0. The van der Waals surface area contributed by atoms with Gasteiger partial charge in [-0.25, -0.2) is 9.79 Å². The van der Waals surface area contributed by atoms with Crippen molar-refractivity contribution in [1.82, 2.24) is 0 Å². The van der Waals surface area contributed by atoms with Crippen LogP contribution < -0.4 is 9.47 Å². The van der Waals surface area contributed by atoms with Crippen LogP contribution >= 0.6 is 15.9 Å². The Morgan fingerprint density at radius 1 is 1.06 bits per heavy atom. The number of esters is 1. The van der Waals surface area contributed by atoms with E-state index in [1.165, 1.54) is 12.1 Å². The molecular formula is C25H19BrN2O6. The van der Waals surface area contributed by atoms with Crippen LogP contribution in [0.4, 0.5) is 5.69 Å². The Kier molecular flexibility index (Phi) is 7.03. The number of nitro groups is 1. The quantitative estimate of drug-likeness (QED) is 0.163. The Hall–Kier alpha value is -3.98. The minimum Gasteiger partial charge on any atom is -0.490 e. The number of cyclic esters (lactones) is 1. The minimum atomic E-state index is -0.540. The van der Waals surface area contributed by atoms with Gasteiger partial charge in [-0.15, -0.1) is 0 Å². The average molecular weight is 523 g/mol. The molecule has 0 spiro atoms. The van der Waals surface area contributed by atoms with Gasteiger partial charge in [-0.1, -0.05) is 18.2 Å². The lowest BCUT2D eigenvalue weighted by molar-refractivity contribution is -0.384. The molecule has 1 aliphatic rings. The molecule has 3 aromatic carbocycles. The van der Waals surface area contributed by atoms with Gasteiger partial charge in [0, 0.05) is 16.6 Å². The molecular weight excluding hydrogens is 504 g/mol. The number of hydrogen-bond donors (Lipinski definition) is 0. The van der Waals surface area contributed by atoms with Gasteiger partial charge in [-0.2, -0.15) is 0 Å². The van der Waals surface area contributed by atoms with Gasteiger partial charge in [0.05, 0.1) is 17.1 Å². The van der Waals surface area contributed by atoms with Crippen molar-refractivity contribution in [1.29, 1.82) is 0 Å². The Labute approximate surface area is 203 Å². The van der Waals surface area contributed by atoms with Crippen molar-refractivity contribution in [2.75, 3.05) is 6.61 Å². The van der Waals surface area contributed by atoms with Crippen LogP contribution in [0.5, 0.6) is 11.5 Å². The maximum Gasteiger partial charge on any atom is 0.363 e. The number of aliphatic imine (C=N–C) groups is 1. The van der Waals surface area contributed by atoms with Crippen molar-refractivity contribution in [2.45, 2.75) is 13.5 Å². The molecule has 0 aromatic heterocycles. The molecule has 172 valence electrons. The molecule has 8 nitrogen and oxygen atoms in total. The third kappa shape index (κ3) is 5.32. The number of hydrogen-bond acceptors (Lipinski definition) is 7. The zero-order chi connectivity index (χ0) is 24.1. The zero-order valence-corrected chi connectivity index (χ0v) is 19.7. The molecule has 0 aliphatic carbocycles. The lowest BCUT2D eigenvalue weighted by atomic mass is 10.1. The lowest BCUT2D eigenvalue weighted by Gasteiger charge is -2.13. The molecule has 4 rings (SSSR count). The number of ether oxygens (including phenoxy) is 3. The van der Waals surface area contributed by atoms with E-state index in [0.717, 1.165) is 10.0 Å². The van der Waals surface area contributed by atoms with Gasteiger partial charge in [-0.05, 0) is 76.5 Å². The molecule has 0 atom stereocenters. The summed E-state index contributed by atoms with van der Waals surface area (Å²) >= 11 is 3.44. The highest BCUT2D eigenvalue weighted by Crippen LogP contribution is 2.31. The van der Waals surface area contributed by atoms with E-state index in [2.05, 4.69) is 20.9 Å². The van der Waals surface area contributed by atoms with Gasteiger partial charge in [-0.3, -0.25) is 10.1 Å². The van der Waals surface area contributed by atoms with Crippen LogP contribution in [0.25, 0.3) is 6.08 Å². The SMILES string of the molecule is CCOc1cc(/C=C2\N=C(c3ccccc3Br)OC2=O)ccc1OCc1ccc([N+](=O)[O-])cc1. The molecule has 0 unspecified atom stereocenters. The normalized spacial score (nSPS) is 14.0. The van der Waals surface area contributed by atoms with Crippen molar-refractivity contribution in [3.8, 4) is 11.5 Å². The molecule has 1 aliphatic heterocycles. The third-order valence-electron chi connectivity index (χ3n) is 4.84. The number of nitro benzene ring substituents is 1. The van der Waals surface area contributed by atoms with Crippen molar-refractivity contribution >= 4 is 39.6 Å². The molecule has 3 aromatic rings. The van der Waals surface area contributed by atoms with E-state index in [1.54, 1.807) is 36.4 Å². The summed E-state index contributed by atoms with van der Waals surface area (Å²) < 4.78 is 17.7. The number of carbonyl (C=O) groups is 1. The van der Waals surface area contributed by atoms with E-state index in [1.807, 2.05) is 31.2 Å². The predicted molar refractivity (Wildman–Crippen MR) is 130 cm³/mol. The summed E-state index contributed by atoms with van der Waals surface area (Å²) in [6.07, 6.45) is 1.62. The number of benzene rings is 3. The minimum absolute atomic E-state index is 0.0204. The van der Waals surface area contributed by atoms with E-state index in [4.69, 9.17) is 14.2 Å². The van der Waals surface area contributed by atoms with E-state index < -0.39 is 10.9 Å². The van der Waals surface area contributed by atoms with E-state index >= 15 is 0 Å².